The summed E-state index contributed by atoms with van der Waals surface area (Å²) in [5.41, 5.74) is 20.0. The van der Waals surface area contributed by atoms with E-state index in [1.165, 1.54) is 158 Å². The van der Waals surface area contributed by atoms with Gasteiger partial charge in [0.05, 0.1) is 19.8 Å². The Morgan fingerprint density at radius 1 is 0.205 bits per heavy atom. The maximum Gasteiger partial charge on any atom is 0.233 e. The van der Waals surface area contributed by atoms with Crippen LogP contribution in [0.1, 0.15) is 289 Å². The highest BCUT2D eigenvalue weighted by Gasteiger charge is 2.38. The minimum Gasteiger partial charge on any atom is -0.494 e. The molecular formula is C122H128O10. The lowest BCUT2D eigenvalue weighted by Gasteiger charge is -2.17. The van der Waals surface area contributed by atoms with Crippen LogP contribution in [0.25, 0.3) is 44.6 Å². The predicted octanol–water partition coefficient (Wildman–Crippen LogP) is 30.2. The number of ether oxygens (including phenoxy) is 3. The molecule has 0 saturated carbocycles. The van der Waals surface area contributed by atoms with Gasteiger partial charge in [-0.25, -0.2) is 0 Å². The van der Waals surface area contributed by atoms with E-state index in [-0.39, 0.29) is 28.5 Å². The van der Waals surface area contributed by atoms with Crippen LogP contribution in [0.5, 0.6) is 17.2 Å². The predicted molar refractivity (Wildman–Crippen MR) is 543 cm³/mol. The van der Waals surface area contributed by atoms with Crippen LogP contribution in [0.4, 0.5) is 0 Å². The lowest BCUT2D eigenvalue weighted by Crippen LogP contribution is -2.16. The van der Waals surface area contributed by atoms with Gasteiger partial charge >= 0.3 is 0 Å². The van der Waals surface area contributed by atoms with Crippen molar-refractivity contribution < 1.29 is 47.8 Å². The van der Waals surface area contributed by atoms with Crippen LogP contribution >= 0.6 is 0 Å². The number of hydrogen-bond acceptors (Lipinski definition) is 10. The van der Waals surface area contributed by atoms with E-state index < -0.39 is 23.1 Å². The Morgan fingerprint density at radius 2 is 0.402 bits per heavy atom. The van der Waals surface area contributed by atoms with E-state index in [4.69, 9.17) is 14.2 Å². The fraction of sp³-hybridized carbons (Fsp3) is 0.287. The Hall–Kier alpha value is -13.3. The van der Waals surface area contributed by atoms with Gasteiger partial charge in [-0.2, -0.15) is 0 Å². The zero-order valence-corrected chi connectivity index (χ0v) is 78.1. The van der Waals surface area contributed by atoms with Crippen LogP contribution in [0.15, 0.2) is 315 Å². The van der Waals surface area contributed by atoms with Crippen molar-refractivity contribution in [1.29, 1.82) is 0 Å². The van der Waals surface area contributed by atoms with E-state index in [2.05, 4.69) is 151 Å². The van der Waals surface area contributed by atoms with Crippen LogP contribution in [0, 0.1) is 20.8 Å². The van der Waals surface area contributed by atoms with Crippen molar-refractivity contribution in [3.8, 4) is 17.2 Å². The summed E-state index contributed by atoms with van der Waals surface area (Å²) in [6.45, 7) is 15.1. The van der Waals surface area contributed by atoms with Gasteiger partial charge in [-0.1, -0.05) is 451 Å². The first-order chi connectivity index (χ1) is 64.6. The van der Waals surface area contributed by atoms with Crippen LogP contribution in [-0.4, -0.2) is 60.3 Å². The Labute approximate surface area is 783 Å². The Bertz CT molecular complexity index is 5780. The zero-order chi connectivity index (χ0) is 92.6. The van der Waals surface area contributed by atoms with Gasteiger partial charge in [-0.15, -0.1) is 0 Å². The van der Waals surface area contributed by atoms with Gasteiger partial charge in [0.15, 0.2) is 11.6 Å². The third-order valence-electron chi connectivity index (χ3n) is 24.5. The molecule has 132 heavy (non-hydrogen) atoms. The smallest absolute Gasteiger partial charge is 0.233 e. The highest BCUT2D eigenvalue weighted by Crippen LogP contribution is 2.53. The molecule has 0 aliphatic heterocycles. The van der Waals surface area contributed by atoms with Crippen molar-refractivity contribution >= 4 is 85.1 Å². The van der Waals surface area contributed by atoms with Gasteiger partial charge in [0.25, 0.3) is 0 Å². The molecule has 676 valence electrons. The molecule has 0 aromatic heterocycles. The minimum absolute atomic E-state index is 0.000718. The standard InChI is InChI=1S/C74H78O4.C26H36O2.C22H14O4/c1-5-7-9-11-13-15-17-25-51-77-63-47-43-61(44-48-63)71-66(56-29-23-20-24-30-56)68(72(74(71)76)62-45-49-64(50-46-62)78-52-26-18-16-14-12-10-8-6-2)58-41-39-57(40-42-58)67-65(55-27-21-19-22-28-55)69(59-35-31-53(3)32-36-59)73(75)70(67)60-37-33-54(4)34-38-60;1-3-4-5-6-7-8-9-10-19-28-26-17-15-24(16-18-26)21-25(27)20-23-13-11-22(2)12-14-23;23-19(15-7-3-1-4-8-15)21(25)17-11-13-18(14-12-17)22(26)20(24)16-9-5-2-6-10-16/h19-24,27-50H,5-18,25-26,51-52H2,1-4H3;11-18H,3-10,19-21H2,1-2H3;1-14H. The van der Waals surface area contributed by atoms with Crippen LogP contribution in [0.2, 0.25) is 0 Å². The number of benzene rings is 12. The van der Waals surface area contributed by atoms with E-state index in [1.807, 2.05) is 121 Å². The van der Waals surface area contributed by atoms with Crippen LogP contribution in [-0.2, 0) is 27.2 Å². The van der Waals surface area contributed by atoms with E-state index in [0.717, 1.165) is 139 Å². The number of ketones is 7. The second-order valence-electron chi connectivity index (χ2n) is 34.9. The first-order valence-electron chi connectivity index (χ1n) is 48.2. The largest absolute Gasteiger partial charge is 0.494 e. The molecule has 0 spiro atoms. The molecule has 0 saturated heterocycles. The van der Waals surface area contributed by atoms with Gasteiger partial charge in [-0.3, -0.25) is 33.6 Å². The lowest BCUT2D eigenvalue weighted by atomic mass is 9.86. The summed E-state index contributed by atoms with van der Waals surface area (Å²) in [5, 5.41) is 0. The molecule has 12 aromatic rings. The van der Waals surface area contributed by atoms with Crippen molar-refractivity contribution in [2.24, 2.45) is 0 Å². The Morgan fingerprint density at radius 3 is 0.674 bits per heavy atom. The van der Waals surface area contributed by atoms with E-state index in [1.54, 1.807) is 60.7 Å². The second kappa shape index (κ2) is 51.9. The van der Waals surface area contributed by atoms with Crippen molar-refractivity contribution in [3.63, 3.8) is 0 Å². The first-order valence-corrected chi connectivity index (χ1v) is 48.2. The molecule has 12 aromatic carbocycles. The number of aryl methyl sites for hydroxylation is 3. The molecular weight excluding hydrogens is 1630 g/mol. The summed E-state index contributed by atoms with van der Waals surface area (Å²) < 4.78 is 18.4. The first kappa shape index (κ1) is 97.7. The molecule has 2 aliphatic rings. The fourth-order valence-electron chi connectivity index (χ4n) is 17.0. The molecule has 0 N–H and O–H groups in total. The number of Topliss-reactive ketones (excluding diaryl/α,β-unsaturated/α-hetero) is 7. The molecule has 2 aliphatic carbocycles. The molecule has 10 nitrogen and oxygen atoms in total. The number of unbranched alkanes of at least 4 members (excludes halogenated alkanes) is 21. The molecule has 0 bridgehead atoms. The van der Waals surface area contributed by atoms with Crippen LogP contribution in [0.3, 0.4) is 0 Å². The topological polar surface area (TPSA) is 147 Å². The van der Waals surface area contributed by atoms with E-state index >= 15 is 9.59 Å². The van der Waals surface area contributed by atoms with Gasteiger partial charge in [0.2, 0.25) is 23.1 Å². The van der Waals surface area contributed by atoms with Crippen molar-refractivity contribution in [3.05, 3.63) is 410 Å². The molecule has 10 heteroatoms. The summed E-state index contributed by atoms with van der Waals surface area (Å²) in [7, 11) is 0. The monoisotopic (exact) mass is 1750 g/mol. The number of hydrogen-bond donors (Lipinski definition) is 0. The molecule has 0 fully saturated rings. The average molecular weight is 1750 g/mol. The van der Waals surface area contributed by atoms with Gasteiger partial charge in [-0.05, 0) is 132 Å². The highest BCUT2D eigenvalue weighted by atomic mass is 16.5. The number of allylic oxidation sites excluding steroid dienone is 8. The summed E-state index contributed by atoms with van der Waals surface area (Å²) in [4.78, 5) is 92.1. The van der Waals surface area contributed by atoms with Crippen LogP contribution < -0.4 is 14.2 Å². The van der Waals surface area contributed by atoms with Crippen molar-refractivity contribution in [1.82, 2.24) is 0 Å². The van der Waals surface area contributed by atoms with Crippen molar-refractivity contribution in [2.75, 3.05) is 19.8 Å². The van der Waals surface area contributed by atoms with E-state index in [0.29, 0.717) is 59.5 Å². The van der Waals surface area contributed by atoms with Gasteiger partial charge in [0.1, 0.15) is 23.0 Å². The third kappa shape index (κ3) is 28.1. The molecule has 0 heterocycles. The van der Waals surface area contributed by atoms with Crippen molar-refractivity contribution in [2.45, 2.75) is 208 Å². The molecule has 14 rings (SSSR count). The summed E-state index contributed by atoms with van der Waals surface area (Å²) >= 11 is 0. The summed E-state index contributed by atoms with van der Waals surface area (Å²) in [6, 6.07) is 100. The fourth-order valence-corrected chi connectivity index (χ4v) is 17.0. The average Bonchev–Trinajstić information content (AvgIpc) is 1.57. The third-order valence-corrected chi connectivity index (χ3v) is 24.5. The number of rotatable bonds is 48. The van der Waals surface area contributed by atoms with Gasteiger partial charge in [0, 0.05) is 79.7 Å². The molecule has 0 radical (unpaired) electrons. The lowest BCUT2D eigenvalue weighted by molar-refractivity contribution is -0.117. The highest BCUT2D eigenvalue weighted by molar-refractivity contribution is 6.60. The summed E-state index contributed by atoms with van der Waals surface area (Å²) in [6.07, 6.45) is 31.3. The molecule has 0 atom stereocenters. The Balaban J connectivity index is 0.000000235. The second-order valence-corrected chi connectivity index (χ2v) is 34.9. The minimum atomic E-state index is -0.662. The SMILES string of the molecule is CCCCCCCCCCOc1ccc(C2=C(c3ccccc3)C(c3ccc(C4=C(c5ccc(C)cc5)C(=O)C(c5ccc(C)cc5)=C4c4ccccc4)cc3)=C(c3ccc(OCCCCCCCCCC)cc3)C2=O)cc1.CCCCCCCCCCOc1ccc(CC(=O)Cc2ccc(C)cc2)cc1.O=C(C(=O)c1ccc(C(=O)C(=O)c2ccccc2)cc1)c1ccccc1. The maximum atomic E-state index is 15.7. The number of carbonyl (C=O) groups excluding carboxylic acids is 7. The normalized spacial score (nSPS) is 12.3. The van der Waals surface area contributed by atoms with Gasteiger partial charge < -0.3 is 14.2 Å². The quantitative estimate of drug-likeness (QED) is 0.0205. The number of carbonyl (C=O) groups is 7. The zero-order valence-electron chi connectivity index (χ0n) is 78.1. The Kier molecular flexibility index (Phi) is 38.4. The molecule has 0 unspecified atom stereocenters. The maximum absolute atomic E-state index is 15.7. The summed E-state index contributed by atoms with van der Waals surface area (Å²) in [5.74, 6) is 0.156. The molecule has 0 amide bonds. The van der Waals surface area contributed by atoms with E-state index in [9.17, 15) is 24.0 Å².